The molecule has 3 N–H and O–H groups in total. The highest BCUT2D eigenvalue weighted by Gasteiger charge is 2.37. The molecular formula is C21H23ClN4O2. The van der Waals surface area contributed by atoms with Gasteiger partial charge in [0, 0.05) is 22.0 Å². The number of halogens is 1. The Hall–Kier alpha value is -2.52. The van der Waals surface area contributed by atoms with Crippen molar-refractivity contribution in [2.75, 3.05) is 0 Å². The summed E-state index contributed by atoms with van der Waals surface area (Å²) in [4.78, 5) is 28.6. The number of aromatic nitrogens is 1. The van der Waals surface area contributed by atoms with Crippen molar-refractivity contribution in [2.24, 2.45) is 11.8 Å². The summed E-state index contributed by atoms with van der Waals surface area (Å²) in [5.41, 5.74) is 1.30. The highest BCUT2D eigenvalue weighted by Crippen LogP contribution is 2.33. The molecule has 1 aromatic heterocycles. The first kappa shape index (κ1) is 18.8. The van der Waals surface area contributed by atoms with Gasteiger partial charge in [-0.2, -0.15) is 5.26 Å². The second-order valence-corrected chi connectivity index (χ2v) is 8.27. The van der Waals surface area contributed by atoms with Crippen molar-refractivity contribution in [3.8, 4) is 6.07 Å². The third-order valence-electron chi connectivity index (χ3n) is 5.78. The summed E-state index contributed by atoms with van der Waals surface area (Å²) in [6.07, 6.45) is 5.40. The average Bonchev–Trinajstić information content (AvgIpc) is 3.45. The van der Waals surface area contributed by atoms with E-state index < -0.39 is 6.04 Å². The zero-order chi connectivity index (χ0) is 19.7. The zero-order valence-corrected chi connectivity index (χ0v) is 16.3. The Balaban J connectivity index is 1.45. The molecule has 2 saturated carbocycles. The molecule has 0 radical (unpaired) electrons. The van der Waals surface area contributed by atoms with Gasteiger partial charge in [0.2, 0.25) is 5.91 Å². The fourth-order valence-corrected chi connectivity index (χ4v) is 4.22. The Labute approximate surface area is 168 Å². The van der Waals surface area contributed by atoms with E-state index in [0.717, 1.165) is 49.4 Å². The van der Waals surface area contributed by atoms with E-state index in [1.807, 2.05) is 6.07 Å². The van der Waals surface area contributed by atoms with Gasteiger partial charge in [-0.05, 0) is 55.9 Å². The molecule has 4 rings (SSSR count). The van der Waals surface area contributed by atoms with Gasteiger partial charge in [0.05, 0.1) is 12.0 Å². The number of hydrogen-bond donors (Lipinski definition) is 3. The molecule has 0 spiro atoms. The lowest BCUT2D eigenvalue weighted by molar-refractivity contribution is -0.127. The zero-order valence-electron chi connectivity index (χ0n) is 15.5. The third kappa shape index (κ3) is 4.00. The van der Waals surface area contributed by atoms with Crippen molar-refractivity contribution < 1.29 is 9.59 Å². The minimum Gasteiger partial charge on any atom is -0.351 e. The minimum absolute atomic E-state index is 0.119. The van der Waals surface area contributed by atoms with Crippen molar-refractivity contribution >= 4 is 34.3 Å². The summed E-state index contributed by atoms with van der Waals surface area (Å²) in [6.45, 7) is 0. The number of carbonyl (C=O) groups is 2. The van der Waals surface area contributed by atoms with Crippen LogP contribution in [0.1, 0.15) is 49.0 Å². The molecule has 3 atom stereocenters. The van der Waals surface area contributed by atoms with Crippen LogP contribution in [0.4, 0.5) is 0 Å². The van der Waals surface area contributed by atoms with Crippen LogP contribution in [-0.4, -0.2) is 28.9 Å². The summed E-state index contributed by atoms with van der Waals surface area (Å²) < 4.78 is 0. The number of nitriles is 1. The molecule has 2 fully saturated rings. The molecule has 2 aliphatic carbocycles. The fraction of sp³-hybridized carbons (Fsp3) is 0.476. The molecule has 2 aliphatic rings. The number of rotatable bonds is 5. The smallest absolute Gasteiger partial charge is 0.267 e. The first-order chi connectivity index (χ1) is 13.5. The van der Waals surface area contributed by atoms with Crippen LogP contribution in [-0.2, 0) is 4.79 Å². The lowest BCUT2D eigenvalue weighted by atomic mass is 9.83. The molecule has 1 heterocycles. The van der Waals surface area contributed by atoms with Gasteiger partial charge in [-0.3, -0.25) is 9.59 Å². The van der Waals surface area contributed by atoms with Crippen LogP contribution in [0, 0.1) is 23.2 Å². The van der Waals surface area contributed by atoms with Crippen LogP contribution in [0.15, 0.2) is 24.3 Å². The number of hydrogen-bond acceptors (Lipinski definition) is 3. The maximum absolute atomic E-state index is 12.8. The Morgan fingerprint density at radius 1 is 1.18 bits per heavy atom. The van der Waals surface area contributed by atoms with Crippen molar-refractivity contribution in [1.29, 1.82) is 5.26 Å². The molecule has 146 valence electrons. The summed E-state index contributed by atoms with van der Waals surface area (Å²) in [6, 6.07) is 8.75. The van der Waals surface area contributed by atoms with Gasteiger partial charge < -0.3 is 15.6 Å². The Kier molecular flexibility index (Phi) is 5.27. The van der Waals surface area contributed by atoms with E-state index in [2.05, 4.69) is 21.7 Å². The molecule has 28 heavy (non-hydrogen) atoms. The summed E-state index contributed by atoms with van der Waals surface area (Å²) in [5.74, 6) is -0.363. The van der Waals surface area contributed by atoms with Crippen LogP contribution in [0.3, 0.4) is 0 Å². The van der Waals surface area contributed by atoms with E-state index >= 15 is 0 Å². The Morgan fingerprint density at radius 3 is 2.71 bits per heavy atom. The van der Waals surface area contributed by atoms with Crippen LogP contribution in [0.2, 0.25) is 5.02 Å². The number of carbonyl (C=O) groups excluding carboxylic acids is 2. The third-order valence-corrected chi connectivity index (χ3v) is 6.01. The van der Waals surface area contributed by atoms with Gasteiger partial charge in [-0.1, -0.05) is 24.4 Å². The molecular weight excluding hydrogens is 376 g/mol. The van der Waals surface area contributed by atoms with E-state index in [-0.39, 0.29) is 29.7 Å². The summed E-state index contributed by atoms with van der Waals surface area (Å²) in [7, 11) is 0. The summed E-state index contributed by atoms with van der Waals surface area (Å²) >= 11 is 6.02. The predicted molar refractivity (Wildman–Crippen MR) is 107 cm³/mol. The van der Waals surface area contributed by atoms with Crippen LogP contribution in [0.25, 0.3) is 10.9 Å². The highest BCUT2D eigenvalue weighted by atomic mass is 35.5. The molecule has 3 unspecified atom stereocenters. The van der Waals surface area contributed by atoms with Gasteiger partial charge >= 0.3 is 0 Å². The lowest BCUT2D eigenvalue weighted by Crippen LogP contribution is -2.50. The second-order valence-electron chi connectivity index (χ2n) is 7.84. The predicted octanol–water partition coefficient (Wildman–Crippen LogP) is 3.53. The topological polar surface area (TPSA) is 97.8 Å². The number of H-pyrrole nitrogens is 1. The fourth-order valence-electron chi connectivity index (χ4n) is 4.03. The van der Waals surface area contributed by atoms with E-state index in [9.17, 15) is 14.9 Å². The monoisotopic (exact) mass is 398 g/mol. The number of nitrogens with one attached hydrogen (secondary N) is 3. The van der Waals surface area contributed by atoms with E-state index in [1.165, 1.54) is 0 Å². The SMILES string of the molecule is N#CC(NC(=O)C1CCCCC1NC(=O)c1cc2cc(Cl)ccc2[nH]1)C1CC1. The number of benzene rings is 1. The quantitative estimate of drug-likeness (QED) is 0.718. The van der Waals surface area contributed by atoms with Gasteiger partial charge in [-0.25, -0.2) is 0 Å². The average molecular weight is 399 g/mol. The molecule has 0 saturated heterocycles. The van der Waals surface area contributed by atoms with Crippen molar-refractivity contribution in [2.45, 2.75) is 50.6 Å². The Morgan fingerprint density at radius 2 is 1.96 bits per heavy atom. The maximum Gasteiger partial charge on any atom is 0.267 e. The van der Waals surface area contributed by atoms with E-state index in [4.69, 9.17) is 11.6 Å². The van der Waals surface area contributed by atoms with Crippen LogP contribution >= 0.6 is 11.6 Å². The van der Waals surface area contributed by atoms with Crippen molar-refractivity contribution in [3.05, 3.63) is 35.0 Å². The van der Waals surface area contributed by atoms with Gasteiger partial charge in [0.15, 0.2) is 0 Å². The largest absolute Gasteiger partial charge is 0.351 e. The minimum atomic E-state index is -0.413. The molecule has 6 nitrogen and oxygen atoms in total. The standard InChI is InChI=1S/C21H23ClN4O2/c22-14-7-8-16-13(9-14)10-18(24-16)21(28)25-17-4-2-1-3-15(17)20(27)26-19(11-23)12-5-6-12/h7-10,12,15,17,19,24H,1-6H2,(H,25,28)(H,26,27). The lowest BCUT2D eigenvalue weighted by Gasteiger charge is -2.31. The van der Waals surface area contributed by atoms with Crippen LogP contribution < -0.4 is 10.6 Å². The number of amides is 2. The Bertz CT molecular complexity index is 944. The van der Waals surface area contributed by atoms with E-state index in [1.54, 1.807) is 18.2 Å². The molecule has 2 aromatic rings. The molecule has 2 amide bonds. The molecule has 7 heteroatoms. The number of fused-ring (bicyclic) bond motifs is 1. The normalized spacial score (nSPS) is 23.0. The first-order valence-electron chi connectivity index (χ1n) is 9.84. The first-order valence-corrected chi connectivity index (χ1v) is 10.2. The van der Waals surface area contributed by atoms with Gasteiger partial charge in [0.1, 0.15) is 11.7 Å². The summed E-state index contributed by atoms with van der Waals surface area (Å²) in [5, 5.41) is 16.7. The number of aromatic amines is 1. The van der Waals surface area contributed by atoms with Crippen molar-refractivity contribution in [3.63, 3.8) is 0 Å². The van der Waals surface area contributed by atoms with Gasteiger partial charge in [-0.15, -0.1) is 0 Å². The van der Waals surface area contributed by atoms with Crippen LogP contribution in [0.5, 0.6) is 0 Å². The molecule has 0 aliphatic heterocycles. The van der Waals surface area contributed by atoms with Crippen molar-refractivity contribution in [1.82, 2.24) is 15.6 Å². The molecule has 1 aromatic carbocycles. The maximum atomic E-state index is 12.8. The van der Waals surface area contributed by atoms with E-state index in [0.29, 0.717) is 10.7 Å². The highest BCUT2D eigenvalue weighted by molar-refractivity contribution is 6.31. The number of nitrogens with zero attached hydrogens (tertiary/aromatic N) is 1. The molecule has 0 bridgehead atoms. The second kappa shape index (κ2) is 7.84. The van der Waals surface area contributed by atoms with Gasteiger partial charge in [0.25, 0.3) is 5.91 Å².